The summed E-state index contributed by atoms with van der Waals surface area (Å²) in [6.07, 6.45) is 2.81. The Morgan fingerprint density at radius 1 is 1.14 bits per heavy atom. The van der Waals surface area contributed by atoms with Crippen LogP contribution < -0.4 is 15.8 Å². The van der Waals surface area contributed by atoms with E-state index in [0.717, 1.165) is 41.9 Å². The molecule has 0 radical (unpaired) electrons. The Kier molecular flexibility index (Phi) is 5.08. The summed E-state index contributed by atoms with van der Waals surface area (Å²) >= 11 is 0. The first-order valence-electron chi connectivity index (χ1n) is 9.41. The largest absolute Gasteiger partial charge is 0.487 e. The van der Waals surface area contributed by atoms with E-state index in [-0.39, 0.29) is 0 Å². The Morgan fingerprint density at radius 2 is 2.04 bits per heavy atom. The molecule has 1 aliphatic rings. The molecule has 0 saturated carbocycles. The number of aromatic nitrogens is 1. The van der Waals surface area contributed by atoms with Crippen molar-refractivity contribution < 1.29 is 9.53 Å². The van der Waals surface area contributed by atoms with E-state index in [4.69, 9.17) is 10.5 Å². The van der Waals surface area contributed by atoms with Gasteiger partial charge in [-0.15, -0.1) is 0 Å². The maximum atomic E-state index is 11.7. The van der Waals surface area contributed by atoms with Crippen molar-refractivity contribution in [3.63, 3.8) is 0 Å². The van der Waals surface area contributed by atoms with Gasteiger partial charge in [0.1, 0.15) is 12.4 Å². The van der Waals surface area contributed by atoms with E-state index in [1.54, 1.807) is 18.3 Å². The molecular formula is C23H23N3O2. The number of hydrogen-bond acceptors (Lipinski definition) is 4. The fourth-order valence-corrected chi connectivity index (χ4v) is 3.51. The number of nitrogens with two attached hydrogens (primary N) is 1. The molecule has 0 fully saturated rings. The van der Waals surface area contributed by atoms with Crippen molar-refractivity contribution in [2.24, 2.45) is 5.73 Å². The van der Waals surface area contributed by atoms with Crippen molar-refractivity contribution in [2.75, 3.05) is 6.54 Å². The molecule has 0 atom stereocenters. The van der Waals surface area contributed by atoms with E-state index >= 15 is 0 Å². The van der Waals surface area contributed by atoms with Gasteiger partial charge in [0.2, 0.25) is 5.91 Å². The molecule has 0 aliphatic carbocycles. The van der Waals surface area contributed by atoms with Gasteiger partial charge in [-0.2, -0.15) is 0 Å². The fourth-order valence-electron chi connectivity index (χ4n) is 3.51. The molecule has 2 heterocycles. The number of primary amides is 1. The fraction of sp³-hybridized carbons (Fsp3) is 0.217. The SMILES string of the molecule is Cc1ccnc(COc2ccc(C(N)=O)cc2-c2ccc3c(c2)CNCC3)c1. The number of carbonyl (C=O) groups excluding carboxylic acids is 1. The molecule has 3 N–H and O–H groups in total. The second kappa shape index (κ2) is 7.82. The number of amides is 1. The number of hydrogen-bond donors (Lipinski definition) is 2. The van der Waals surface area contributed by atoms with E-state index in [9.17, 15) is 4.79 Å². The molecule has 4 rings (SSSR count). The smallest absolute Gasteiger partial charge is 0.248 e. The van der Waals surface area contributed by atoms with Gasteiger partial charge < -0.3 is 15.8 Å². The summed E-state index contributed by atoms with van der Waals surface area (Å²) in [5, 5.41) is 3.40. The molecule has 5 heteroatoms. The van der Waals surface area contributed by atoms with Crippen molar-refractivity contribution in [3.05, 3.63) is 82.7 Å². The second-order valence-electron chi connectivity index (χ2n) is 7.10. The Bertz CT molecular complexity index is 1030. The van der Waals surface area contributed by atoms with Gasteiger partial charge in [0.05, 0.1) is 5.69 Å². The highest BCUT2D eigenvalue weighted by Crippen LogP contribution is 2.33. The summed E-state index contributed by atoms with van der Waals surface area (Å²) in [5.74, 6) is 0.254. The number of benzene rings is 2. The standard InChI is InChI=1S/C23H23N3O2/c1-15-6-9-26-20(10-15)14-28-22-5-4-18(23(24)27)12-21(22)17-3-2-16-7-8-25-13-19(16)11-17/h2-6,9-12,25H,7-8,13-14H2,1H3,(H2,24,27). The first kappa shape index (κ1) is 18.2. The van der Waals surface area contributed by atoms with Crippen LogP contribution in [-0.4, -0.2) is 17.4 Å². The zero-order valence-corrected chi connectivity index (χ0v) is 15.9. The highest BCUT2D eigenvalue weighted by molar-refractivity contribution is 5.95. The van der Waals surface area contributed by atoms with Crippen LogP contribution >= 0.6 is 0 Å². The molecule has 0 saturated heterocycles. The van der Waals surface area contributed by atoms with Crippen LogP contribution in [-0.2, 0) is 19.6 Å². The first-order chi connectivity index (χ1) is 13.6. The average Bonchev–Trinajstić information content (AvgIpc) is 2.72. The van der Waals surface area contributed by atoms with Crippen LogP contribution in [0.25, 0.3) is 11.1 Å². The van der Waals surface area contributed by atoms with E-state index in [1.807, 2.05) is 25.1 Å². The van der Waals surface area contributed by atoms with E-state index < -0.39 is 5.91 Å². The molecule has 2 aromatic carbocycles. The van der Waals surface area contributed by atoms with E-state index in [2.05, 4.69) is 28.5 Å². The summed E-state index contributed by atoms with van der Waals surface area (Å²) in [4.78, 5) is 16.1. The minimum Gasteiger partial charge on any atom is -0.487 e. The highest BCUT2D eigenvalue weighted by Gasteiger charge is 2.14. The molecule has 0 unspecified atom stereocenters. The maximum Gasteiger partial charge on any atom is 0.248 e. The van der Waals surface area contributed by atoms with Crippen LogP contribution in [0.2, 0.25) is 0 Å². The number of carbonyl (C=O) groups is 1. The maximum absolute atomic E-state index is 11.7. The summed E-state index contributed by atoms with van der Waals surface area (Å²) in [6, 6.07) is 15.7. The Balaban J connectivity index is 1.69. The lowest BCUT2D eigenvalue weighted by atomic mass is 9.94. The monoisotopic (exact) mass is 373 g/mol. The van der Waals surface area contributed by atoms with Crippen LogP contribution in [0.5, 0.6) is 5.75 Å². The molecule has 0 spiro atoms. The lowest BCUT2D eigenvalue weighted by Gasteiger charge is -2.19. The predicted molar refractivity (Wildman–Crippen MR) is 109 cm³/mol. The van der Waals surface area contributed by atoms with Crippen LogP contribution in [0.4, 0.5) is 0 Å². The molecule has 142 valence electrons. The molecule has 1 aromatic heterocycles. The van der Waals surface area contributed by atoms with Crippen molar-refractivity contribution in [2.45, 2.75) is 26.5 Å². The van der Waals surface area contributed by atoms with Gasteiger partial charge >= 0.3 is 0 Å². The van der Waals surface area contributed by atoms with Gasteiger partial charge in [0, 0.05) is 23.9 Å². The summed E-state index contributed by atoms with van der Waals surface area (Å²) in [6.45, 7) is 4.24. The van der Waals surface area contributed by atoms with Gasteiger partial charge in [-0.3, -0.25) is 9.78 Å². The third kappa shape index (κ3) is 3.89. The zero-order chi connectivity index (χ0) is 19.5. The van der Waals surface area contributed by atoms with Gasteiger partial charge in [-0.25, -0.2) is 0 Å². The van der Waals surface area contributed by atoms with Gasteiger partial charge in [-0.05, 0) is 78.5 Å². The molecule has 1 amide bonds. The van der Waals surface area contributed by atoms with E-state index in [0.29, 0.717) is 17.9 Å². The van der Waals surface area contributed by atoms with Crippen LogP contribution in [0, 0.1) is 6.92 Å². The Labute approximate surface area is 164 Å². The molecule has 5 nitrogen and oxygen atoms in total. The molecular weight excluding hydrogens is 350 g/mol. The Hall–Kier alpha value is -3.18. The molecule has 3 aromatic rings. The molecule has 1 aliphatic heterocycles. The van der Waals surface area contributed by atoms with Crippen molar-refractivity contribution in [3.8, 4) is 16.9 Å². The predicted octanol–water partition coefficient (Wildman–Crippen LogP) is 3.38. The number of nitrogens with zero attached hydrogens (tertiary/aromatic N) is 1. The number of ether oxygens (including phenoxy) is 1. The first-order valence-corrected chi connectivity index (χ1v) is 9.41. The molecule has 28 heavy (non-hydrogen) atoms. The normalized spacial score (nSPS) is 13.0. The highest BCUT2D eigenvalue weighted by atomic mass is 16.5. The Morgan fingerprint density at radius 3 is 2.86 bits per heavy atom. The molecule has 0 bridgehead atoms. The third-order valence-corrected chi connectivity index (χ3v) is 5.02. The van der Waals surface area contributed by atoms with Gasteiger partial charge in [-0.1, -0.05) is 12.1 Å². The number of pyridine rings is 1. The summed E-state index contributed by atoms with van der Waals surface area (Å²) in [5.41, 5.74) is 12.5. The number of rotatable bonds is 5. The van der Waals surface area contributed by atoms with Gasteiger partial charge in [0.25, 0.3) is 0 Å². The summed E-state index contributed by atoms with van der Waals surface area (Å²) in [7, 11) is 0. The van der Waals surface area contributed by atoms with E-state index in [1.165, 1.54) is 11.1 Å². The number of aryl methyl sites for hydroxylation is 1. The van der Waals surface area contributed by atoms with Crippen molar-refractivity contribution in [1.82, 2.24) is 10.3 Å². The van der Waals surface area contributed by atoms with Crippen LogP contribution in [0.15, 0.2) is 54.7 Å². The van der Waals surface area contributed by atoms with Crippen molar-refractivity contribution >= 4 is 5.91 Å². The zero-order valence-electron chi connectivity index (χ0n) is 15.9. The quantitative estimate of drug-likeness (QED) is 0.719. The lowest BCUT2D eigenvalue weighted by molar-refractivity contribution is 0.100. The third-order valence-electron chi connectivity index (χ3n) is 5.02. The summed E-state index contributed by atoms with van der Waals surface area (Å²) < 4.78 is 6.08. The lowest BCUT2D eigenvalue weighted by Crippen LogP contribution is -2.23. The number of nitrogens with one attached hydrogen (secondary N) is 1. The minimum absolute atomic E-state index is 0.358. The number of fused-ring (bicyclic) bond motifs is 1. The van der Waals surface area contributed by atoms with Crippen LogP contribution in [0.1, 0.15) is 32.7 Å². The van der Waals surface area contributed by atoms with Crippen molar-refractivity contribution in [1.29, 1.82) is 0 Å². The average molecular weight is 373 g/mol. The van der Waals surface area contributed by atoms with Crippen LogP contribution in [0.3, 0.4) is 0 Å². The van der Waals surface area contributed by atoms with Gasteiger partial charge in [0.15, 0.2) is 0 Å². The minimum atomic E-state index is -0.451. The second-order valence-corrected chi connectivity index (χ2v) is 7.10. The topological polar surface area (TPSA) is 77.2 Å².